The van der Waals surface area contributed by atoms with Crippen LogP contribution in [0, 0.1) is 6.92 Å². The van der Waals surface area contributed by atoms with E-state index in [-0.39, 0.29) is 0 Å². The summed E-state index contributed by atoms with van der Waals surface area (Å²) in [6.07, 6.45) is 4.49. The van der Waals surface area contributed by atoms with Crippen molar-refractivity contribution < 1.29 is 4.52 Å². The number of rotatable bonds is 7. The minimum absolute atomic E-state index is 0.628. The van der Waals surface area contributed by atoms with Gasteiger partial charge in [-0.2, -0.15) is 4.98 Å². The normalized spacial score (nSPS) is 13.0. The van der Waals surface area contributed by atoms with Crippen LogP contribution in [-0.4, -0.2) is 22.7 Å². The molecule has 0 aliphatic carbocycles. The maximum atomic E-state index is 4.91. The Bertz CT molecular complexity index is 273. The SMILES string of the molecule is CCCC(CC)NCCc1noc(C)n1. The first-order valence-corrected chi connectivity index (χ1v) is 5.78. The van der Waals surface area contributed by atoms with Crippen molar-refractivity contribution in [2.75, 3.05) is 6.54 Å². The molecule has 0 fully saturated rings. The van der Waals surface area contributed by atoms with Crippen LogP contribution in [0.25, 0.3) is 0 Å². The zero-order valence-corrected chi connectivity index (χ0v) is 9.92. The molecular formula is C11H21N3O. The summed E-state index contributed by atoms with van der Waals surface area (Å²) < 4.78 is 4.91. The van der Waals surface area contributed by atoms with Gasteiger partial charge in [0.2, 0.25) is 5.89 Å². The molecule has 1 aromatic rings. The van der Waals surface area contributed by atoms with Gasteiger partial charge in [-0.3, -0.25) is 0 Å². The predicted octanol–water partition coefficient (Wildman–Crippen LogP) is 2.09. The van der Waals surface area contributed by atoms with Crippen LogP contribution in [0.2, 0.25) is 0 Å². The largest absolute Gasteiger partial charge is 0.340 e. The van der Waals surface area contributed by atoms with Crippen LogP contribution >= 0.6 is 0 Å². The summed E-state index contributed by atoms with van der Waals surface area (Å²) in [5.74, 6) is 1.44. The van der Waals surface area contributed by atoms with E-state index < -0.39 is 0 Å². The molecule has 0 aromatic carbocycles. The third kappa shape index (κ3) is 4.42. The van der Waals surface area contributed by atoms with Crippen molar-refractivity contribution in [1.82, 2.24) is 15.5 Å². The molecule has 1 unspecified atom stereocenters. The molecule has 86 valence electrons. The van der Waals surface area contributed by atoms with Crippen molar-refractivity contribution in [2.24, 2.45) is 0 Å². The highest BCUT2D eigenvalue weighted by molar-refractivity contribution is 4.84. The zero-order chi connectivity index (χ0) is 11.1. The van der Waals surface area contributed by atoms with Gasteiger partial charge in [0.05, 0.1) is 0 Å². The first-order valence-electron chi connectivity index (χ1n) is 5.78. The number of aromatic nitrogens is 2. The second-order valence-corrected chi connectivity index (χ2v) is 3.83. The quantitative estimate of drug-likeness (QED) is 0.750. The summed E-state index contributed by atoms with van der Waals surface area (Å²) in [5.41, 5.74) is 0. The number of aryl methyl sites for hydroxylation is 1. The van der Waals surface area contributed by atoms with E-state index in [2.05, 4.69) is 29.3 Å². The van der Waals surface area contributed by atoms with Gasteiger partial charge in [0, 0.05) is 25.9 Å². The van der Waals surface area contributed by atoms with E-state index in [0.717, 1.165) is 18.8 Å². The van der Waals surface area contributed by atoms with Gasteiger partial charge in [-0.15, -0.1) is 0 Å². The highest BCUT2D eigenvalue weighted by Crippen LogP contribution is 2.01. The molecule has 1 heterocycles. The molecule has 1 rings (SSSR count). The molecular weight excluding hydrogens is 190 g/mol. The Morgan fingerprint density at radius 3 is 2.73 bits per heavy atom. The fourth-order valence-corrected chi connectivity index (χ4v) is 1.63. The Balaban J connectivity index is 2.20. The standard InChI is InChI=1S/C11H21N3O/c1-4-6-10(5-2)12-8-7-11-13-9(3)15-14-11/h10,12H,4-8H2,1-3H3. The van der Waals surface area contributed by atoms with Crippen molar-refractivity contribution in [3.8, 4) is 0 Å². The Hall–Kier alpha value is -0.900. The van der Waals surface area contributed by atoms with Gasteiger partial charge in [0.25, 0.3) is 0 Å². The second kappa shape index (κ2) is 6.56. The Morgan fingerprint density at radius 2 is 2.20 bits per heavy atom. The molecule has 4 nitrogen and oxygen atoms in total. The van der Waals surface area contributed by atoms with Crippen molar-refractivity contribution in [3.05, 3.63) is 11.7 Å². The average molecular weight is 211 g/mol. The molecule has 1 atom stereocenters. The molecule has 0 bridgehead atoms. The van der Waals surface area contributed by atoms with Crippen LogP contribution in [0.5, 0.6) is 0 Å². The van der Waals surface area contributed by atoms with E-state index in [1.165, 1.54) is 19.3 Å². The Labute approximate surface area is 91.5 Å². The second-order valence-electron chi connectivity index (χ2n) is 3.83. The van der Waals surface area contributed by atoms with Crippen LogP contribution < -0.4 is 5.32 Å². The van der Waals surface area contributed by atoms with Gasteiger partial charge < -0.3 is 9.84 Å². The zero-order valence-electron chi connectivity index (χ0n) is 9.92. The third-order valence-corrected chi connectivity index (χ3v) is 2.48. The topological polar surface area (TPSA) is 51.0 Å². The smallest absolute Gasteiger partial charge is 0.223 e. The minimum Gasteiger partial charge on any atom is -0.340 e. The molecule has 15 heavy (non-hydrogen) atoms. The van der Waals surface area contributed by atoms with Crippen LogP contribution in [0.4, 0.5) is 0 Å². The monoisotopic (exact) mass is 211 g/mol. The summed E-state index contributed by atoms with van der Waals surface area (Å²) in [6.45, 7) is 7.17. The third-order valence-electron chi connectivity index (χ3n) is 2.48. The minimum atomic E-state index is 0.628. The van der Waals surface area contributed by atoms with Crippen LogP contribution in [0.15, 0.2) is 4.52 Å². The lowest BCUT2D eigenvalue weighted by molar-refractivity contribution is 0.385. The molecule has 0 amide bonds. The molecule has 0 aliphatic rings. The van der Waals surface area contributed by atoms with E-state index in [1.54, 1.807) is 0 Å². The van der Waals surface area contributed by atoms with E-state index in [4.69, 9.17) is 4.52 Å². The maximum absolute atomic E-state index is 4.91. The molecule has 0 radical (unpaired) electrons. The van der Waals surface area contributed by atoms with E-state index in [9.17, 15) is 0 Å². The fourth-order valence-electron chi connectivity index (χ4n) is 1.63. The number of hydrogen-bond acceptors (Lipinski definition) is 4. The molecule has 0 saturated heterocycles. The molecule has 0 saturated carbocycles. The molecule has 1 N–H and O–H groups in total. The maximum Gasteiger partial charge on any atom is 0.223 e. The summed E-state index contributed by atoms with van der Waals surface area (Å²) in [4.78, 5) is 4.16. The van der Waals surface area contributed by atoms with E-state index in [1.807, 2.05) is 6.92 Å². The molecule has 4 heteroatoms. The number of nitrogens with zero attached hydrogens (tertiary/aromatic N) is 2. The van der Waals surface area contributed by atoms with Gasteiger partial charge in [0.1, 0.15) is 0 Å². The summed E-state index contributed by atoms with van der Waals surface area (Å²) >= 11 is 0. The van der Waals surface area contributed by atoms with Gasteiger partial charge in [-0.25, -0.2) is 0 Å². The average Bonchev–Trinajstić information content (AvgIpc) is 2.63. The van der Waals surface area contributed by atoms with Gasteiger partial charge >= 0.3 is 0 Å². The molecule has 0 aliphatic heterocycles. The van der Waals surface area contributed by atoms with Crippen molar-refractivity contribution in [3.63, 3.8) is 0 Å². The van der Waals surface area contributed by atoms with Crippen molar-refractivity contribution in [2.45, 2.75) is 52.5 Å². The van der Waals surface area contributed by atoms with Crippen LogP contribution in [0.3, 0.4) is 0 Å². The summed E-state index contributed by atoms with van der Waals surface area (Å²) in [5, 5.41) is 7.36. The van der Waals surface area contributed by atoms with E-state index >= 15 is 0 Å². The molecule has 1 aromatic heterocycles. The lowest BCUT2D eigenvalue weighted by Crippen LogP contribution is -2.30. The first-order chi connectivity index (χ1) is 7.26. The summed E-state index contributed by atoms with van der Waals surface area (Å²) in [7, 11) is 0. The van der Waals surface area contributed by atoms with Gasteiger partial charge in [-0.1, -0.05) is 25.4 Å². The van der Waals surface area contributed by atoms with E-state index in [0.29, 0.717) is 11.9 Å². The molecule has 0 spiro atoms. The highest BCUT2D eigenvalue weighted by Gasteiger charge is 2.05. The van der Waals surface area contributed by atoms with Crippen LogP contribution in [0.1, 0.15) is 44.8 Å². The Kier molecular flexibility index (Phi) is 5.32. The lowest BCUT2D eigenvalue weighted by atomic mass is 10.1. The van der Waals surface area contributed by atoms with Gasteiger partial charge in [-0.05, 0) is 12.8 Å². The fraction of sp³-hybridized carbons (Fsp3) is 0.818. The van der Waals surface area contributed by atoms with Crippen molar-refractivity contribution in [1.29, 1.82) is 0 Å². The number of hydrogen-bond donors (Lipinski definition) is 1. The van der Waals surface area contributed by atoms with Gasteiger partial charge in [0.15, 0.2) is 5.82 Å². The lowest BCUT2D eigenvalue weighted by Gasteiger charge is -2.14. The Morgan fingerprint density at radius 1 is 1.40 bits per heavy atom. The highest BCUT2D eigenvalue weighted by atomic mass is 16.5. The predicted molar refractivity (Wildman–Crippen MR) is 59.7 cm³/mol. The first kappa shape index (κ1) is 12.2. The number of nitrogens with one attached hydrogen (secondary N) is 1. The van der Waals surface area contributed by atoms with Crippen molar-refractivity contribution >= 4 is 0 Å². The van der Waals surface area contributed by atoms with Crippen LogP contribution in [-0.2, 0) is 6.42 Å². The summed E-state index contributed by atoms with van der Waals surface area (Å²) in [6, 6.07) is 0.628.